The summed E-state index contributed by atoms with van der Waals surface area (Å²) in [5.41, 5.74) is 2.85. The van der Waals surface area contributed by atoms with Gasteiger partial charge in [0.25, 0.3) is 0 Å². The summed E-state index contributed by atoms with van der Waals surface area (Å²) in [7, 11) is 0. The first kappa shape index (κ1) is 15.7. The molecule has 3 rings (SSSR count). The van der Waals surface area contributed by atoms with Gasteiger partial charge in [0.1, 0.15) is 0 Å². The van der Waals surface area contributed by atoms with Crippen molar-refractivity contribution in [1.29, 1.82) is 0 Å². The molecule has 2 amide bonds. The Bertz CT molecular complexity index is 746. The van der Waals surface area contributed by atoms with Crippen molar-refractivity contribution in [2.75, 3.05) is 0 Å². The number of nitrogens with zero attached hydrogens (tertiary/aromatic N) is 2. The predicted octanol–water partition coefficient (Wildman–Crippen LogP) is 3.16. The van der Waals surface area contributed by atoms with Gasteiger partial charge in [-0.25, -0.2) is 0 Å². The minimum absolute atomic E-state index is 0.113. The number of hydrogen-bond donors (Lipinski definition) is 0. The second kappa shape index (κ2) is 6.50. The Morgan fingerprint density at radius 3 is 2.83 bits per heavy atom. The minimum Gasteiger partial charge on any atom is -0.278 e. The summed E-state index contributed by atoms with van der Waals surface area (Å²) < 4.78 is 0. The molecule has 0 spiro atoms. The zero-order valence-corrected chi connectivity index (χ0v) is 13.6. The number of amides is 2. The molecule has 2 heterocycles. The summed E-state index contributed by atoms with van der Waals surface area (Å²) >= 11 is 6.13. The first-order chi connectivity index (χ1) is 11.1. The van der Waals surface area contributed by atoms with Crippen LogP contribution in [0.3, 0.4) is 0 Å². The van der Waals surface area contributed by atoms with Gasteiger partial charge in [-0.1, -0.05) is 29.8 Å². The highest BCUT2D eigenvalue weighted by atomic mass is 35.5. The summed E-state index contributed by atoms with van der Waals surface area (Å²) in [4.78, 5) is 30.1. The fourth-order valence-corrected chi connectivity index (χ4v) is 3.08. The van der Waals surface area contributed by atoms with Crippen LogP contribution in [0.5, 0.6) is 0 Å². The Morgan fingerprint density at radius 1 is 1.26 bits per heavy atom. The van der Waals surface area contributed by atoms with E-state index in [4.69, 9.17) is 11.6 Å². The fourth-order valence-electron chi connectivity index (χ4n) is 2.89. The average molecular weight is 329 g/mol. The molecule has 4 nitrogen and oxygen atoms in total. The number of rotatable bonds is 4. The fraction of sp³-hybridized carbons (Fsp3) is 0.278. The third-order valence-corrected chi connectivity index (χ3v) is 4.66. The van der Waals surface area contributed by atoms with Gasteiger partial charge in [0.2, 0.25) is 11.8 Å². The molecule has 118 valence electrons. The van der Waals surface area contributed by atoms with Crippen molar-refractivity contribution in [2.45, 2.75) is 26.3 Å². The molecule has 1 aromatic carbocycles. The predicted molar refractivity (Wildman–Crippen MR) is 87.8 cm³/mol. The molecule has 1 aliphatic rings. The molecule has 1 fully saturated rings. The Hall–Kier alpha value is -2.20. The van der Waals surface area contributed by atoms with Crippen LogP contribution >= 0.6 is 11.6 Å². The number of hydrogen-bond acceptors (Lipinski definition) is 3. The number of likely N-dealkylation sites (tertiary alicyclic amines) is 1. The summed E-state index contributed by atoms with van der Waals surface area (Å²) in [6.45, 7) is 2.23. The highest BCUT2D eigenvalue weighted by molar-refractivity contribution is 6.31. The van der Waals surface area contributed by atoms with Gasteiger partial charge in [0.05, 0.1) is 12.5 Å². The first-order valence-electron chi connectivity index (χ1n) is 7.53. The molecule has 1 aliphatic heterocycles. The summed E-state index contributed by atoms with van der Waals surface area (Å²) in [5, 5.41) is 0.687. The van der Waals surface area contributed by atoms with E-state index in [1.807, 2.05) is 31.2 Å². The normalized spacial score (nSPS) is 17.8. The second-order valence-corrected chi connectivity index (χ2v) is 6.22. The molecule has 1 unspecified atom stereocenters. The van der Waals surface area contributed by atoms with Crippen LogP contribution in [0.15, 0.2) is 42.7 Å². The summed E-state index contributed by atoms with van der Waals surface area (Å²) in [6, 6.07) is 9.33. The number of aromatic nitrogens is 1. The monoisotopic (exact) mass is 328 g/mol. The molecule has 0 aliphatic carbocycles. The van der Waals surface area contributed by atoms with Crippen molar-refractivity contribution >= 4 is 23.4 Å². The number of benzene rings is 1. The maximum Gasteiger partial charge on any atom is 0.233 e. The van der Waals surface area contributed by atoms with Crippen LogP contribution in [-0.4, -0.2) is 21.7 Å². The van der Waals surface area contributed by atoms with Crippen molar-refractivity contribution in [3.63, 3.8) is 0 Å². The van der Waals surface area contributed by atoms with E-state index in [0.29, 0.717) is 11.4 Å². The van der Waals surface area contributed by atoms with Crippen LogP contribution in [0.25, 0.3) is 0 Å². The van der Waals surface area contributed by atoms with Crippen LogP contribution in [0.2, 0.25) is 5.02 Å². The third kappa shape index (κ3) is 3.27. The Morgan fingerprint density at radius 2 is 2.09 bits per heavy atom. The third-order valence-electron chi connectivity index (χ3n) is 4.25. The van der Waals surface area contributed by atoms with E-state index in [9.17, 15) is 9.59 Å². The molecular formula is C18H17ClN2O2. The van der Waals surface area contributed by atoms with E-state index in [2.05, 4.69) is 4.98 Å². The van der Waals surface area contributed by atoms with E-state index in [1.165, 1.54) is 4.90 Å². The number of carbonyl (C=O) groups is 2. The first-order valence-corrected chi connectivity index (χ1v) is 7.91. The van der Waals surface area contributed by atoms with Gasteiger partial charge in [0.15, 0.2) is 0 Å². The van der Waals surface area contributed by atoms with Crippen molar-refractivity contribution < 1.29 is 9.59 Å². The number of pyridine rings is 1. The maximum absolute atomic E-state index is 12.6. The van der Waals surface area contributed by atoms with Crippen LogP contribution in [0.1, 0.15) is 23.1 Å². The van der Waals surface area contributed by atoms with Crippen LogP contribution in [-0.2, 0) is 22.6 Å². The lowest BCUT2D eigenvalue weighted by Gasteiger charge is -2.15. The smallest absolute Gasteiger partial charge is 0.233 e. The van der Waals surface area contributed by atoms with Crippen LogP contribution in [0.4, 0.5) is 0 Å². The highest BCUT2D eigenvalue weighted by Crippen LogP contribution is 2.28. The molecular weight excluding hydrogens is 312 g/mol. The molecule has 1 atom stereocenters. The van der Waals surface area contributed by atoms with Crippen LogP contribution in [0, 0.1) is 12.8 Å². The Balaban J connectivity index is 1.75. The van der Waals surface area contributed by atoms with Gasteiger partial charge in [-0.3, -0.25) is 19.5 Å². The van der Waals surface area contributed by atoms with Crippen molar-refractivity contribution in [3.8, 4) is 0 Å². The van der Waals surface area contributed by atoms with Crippen molar-refractivity contribution in [1.82, 2.24) is 9.88 Å². The topological polar surface area (TPSA) is 50.3 Å². The molecule has 1 aromatic heterocycles. The second-order valence-electron chi connectivity index (χ2n) is 5.81. The quantitative estimate of drug-likeness (QED) is 0.810. The minimum atomic E-state index is -0.309. The lowest BCUT2D eigenvalue weighted by molar-refractivity contribution is -0.140. The van der Waals surface area contributed by atoms with Crippen molar-refractivity contribution in [2.24, 2.45) is 5.92 Å². The maximum atomic E-state index is 12.6. The zero-order chi connectivity index (χ0) is 16.4. The van der Waals surface area contributed by atoms with E-state index in [-0.39, 0.29) is 30.7 Å². The van der Waals surface area contributed by atoms with Gasteiger partial charge in [-0.2, -0.15) is 0 Å². The molecule has 2 aromatic rings. The average Bonchev–Trinajstić information content (AvgIpc) is 2.80. The van der Waals surface area contributed by atoms with E-state index < -0.39 is 0 Å². The van der Waals surface area contributed by atoms with E-state index in [1.54, 1.807) is 18.5 Å². The molecule has 0 bridgehead atoms. The summed E-state index contributed by atoms with van der Waals surface area (Å²) in [6.07, 6.45) is 4.14. The van der Waals surface area contributed by atoms with E-state index in [0.717, 1.165) is 16.7 Å². The van der Waals surface area contributed by atoms with E-state index >= 15 is 0 Å². The lowest BCUT2D eigenvalue weighted by atomic mass is 9.95. The Kier molecular flexibility index (Phi) is 4.44. The number of imide groups is 1. The molecule has 5 heteroatoms. The number of halogens is 1. The molecule has 1 saturated heterocycles. The largest absolute Gasteiger partial charge is 0.278 e. The molecule has 0 N–H and O–H groups in total. The van der Waals surface area contributed by atoms with Gasteiger partial charge < -0.3 is 0 Å². The van der Waals surface area contributed by atoms with Gasteiger partial charge >= 0.3 is 0 Å². The summed E-state index contributed by atoms with van der Waals surface area (Å²) in [5.74, 6) is -0.543. The van der Waals surface area contributed by atoms with Crippen molar-refractivity contribution in [3.05, 3.63) is 64.4 Å². The van der Waals surface area contributed by atoms with Gasteiger partial charge in [0, 0.05) is 23.8 Å². The van der Waals surface area contributed by atoms with Gasteiger partial charge in [-0.15, -0.1) is 0 Å². The van der Waals surface area contributed by atoms with Gasteiger partial charge in [-0.05, 0) is 42.2 Å². The number of carbonyl (C=O) groups excluding carboxylic acids is 2. The molecule has 0 radical (unpaired) electrons. The standard InChI is InChI=1S/C18H17ClN2O2/c1-12-14(5-2-6-16(12)19)8-15-9-17(22)21(18(15)23)11-13-4-3-7-20-10-13/h2-7,10,15H,8-9,11H2,1H3. The zero-order valence-electron chi connectivity index (χ0n) is 12.8. The molecule has 0 saturated carbocycles. The van der Waals surface area contributed by atoms with Crippen LogP contribution < -0.4 is 0 Å². The Labute approximate surface area is 140 Å². The SMILES string of the molecule is Cc1c(Cl)cccc1CC1CC(=O)N(Cc2cccnc2)C1=O. The lowest BCUT2D eigenvalue weighted by Crippen LogP contribution is -2.30. The highest BCUT2D eigenvalue weighted by Gasteiger charge is 2.38. The molecule has 23 heavy (non-hydrogen) atoms.